The summed E-state index contributed by atoms with van der Waals surface area (Å²) in [5, 5.41) is 5.75. The summed E-state index contributed by atoms with van der Waals surface area (Å²) in [6.45, 7) is 3.42. The third-order valence-corrected chi connectivity index (χ3v) is 4.82. The summed E-state index contributed by atoms with van der Waals surface area (Å²) in [5.41, 5.74) is 0.644. The number of hydrogen-bond acceptors (Lipinski definition) is 5. The van der Waals surface area contributed by atoms with Gasteiger partial charge in [-0.3, -0.25) is 4.79 Å². The van der Waals surface area contributed by atoms with Gasteiger partial charge in [0, 0.05) is 10.6 Å². The second-order valence-electron chi connectivity index (χ2n) is 5.46. The summed E-state index contributed by atoms with van der Waals surface area (Å²) in [4.78, 5) is 24.8. The van der Waals surface area contributed by atoms with Gasteiger partial charge in [-0.2, -0.15) is 13.2 Å². The molecule has 140 valence electrons. The maximum Gasteiger partial charge on any atom is 0.416 e. The molecule has 26 heavy (non-hydrogen) atoms. The summed E-state index contributed by atoms with van der Waals surface area (Å²) in [7, 11) is 1.26. The second-order valence-corrected chi connectivity index (χ2v) is 6.68. The third-order valence-electron chi connectivity index (χ3n) is 3.69. The molecule has 0 aliphatic carbocycles. The monoisotopic (exact) mass is 386 g/mol. The minimum atomic E-state index is -4.41. The molecule has 9 heteroatoms. The number of esters is 1. The first-order valence-corrected chi connectivity index (χ1v) is 8.34. The predicted octanol–water partition coefficient (Wildman–Crippen LogP) is 4.22. The number of hydrogen-bond donors (Lipinski definition) is 2. The molecule has 2 rings (SSSR count). The molecule has 1 aromatic heterocycles. The van der Waals surface area contributed by atoms with Crippen molar-refractivity contribution in [1.29, 1.82) is 0 Å². The molecule has 5 nitrogen and oxygen atoms in total. The SMILES string of the molecule is COC(=O)c1c(NC(=O)CNc2ccc(C(F)(F)F)cc2)sc(C)c1C. The summed E-state index contributed by atoms with van der Waals surface area (Å²) >= 11 is 1.25. The molecule has 0 radical (unpaired) electrons. The molecule has 0 saturated heterocycles. The summed E-state index contributed by atoms with van der Waals surface area (Å²) < 4.78 is 42.3. The lowest BCUT2D eigenvalue weighted by Gasteiger charge is -2.10. The van der Waals surface area contributed by atoms with Crippen molar-refractivity contribution in [3.05, 3.63) is 45.8 Å². The van der Waals surface area contributed by atoms with E-state index in [1.54, 1.807) is 6.92 Å². The smallest absolute Gasteiger partial charge is 0.416 e. The Morgan fingerprint density at radius 2 is 1.77 bits per heavy atom. The average Bonchev–Trinajstić information content (AvgIpc) is 2.86. The Balaban J connectivity index is 2.02. The van der Waals surface area contributed by atoms with Gasteiger partial charge in [0.15, 0.2) is 0 Å². The molecule has 0 spiro atoms. The second kappa shape index (κ2) is 7.77. The van der Waals surface area contributed by atoms with Gasteiger partial charge in [0.05, 0.1) is 24.8 Å². The number of benzene rings is 1. The van der Waals surface area contributed by atoms with Crippen LogP contribution in [0, 0.1) is 13.8 Å². The normalized spacial score (nSPS) is 11.2. The van der Waals surface area contributed by atoms with Crippen LogP contribution in [0.25, 0.3) is 0 Å². The maximum atomic E-state index is 12.5. The zero-order valence-corrected chi connectivity index (χ0v) is 15.1. The zero-order valence-electron chi connectivity index (χ0n) is 14.3. The molecule has 0 fully saturated rings. The van der Waals surface area contributed by atoms with Crippen LogP contribution < -0.4 is 10.6 Å². The lowest BCUT2D eigenvalue weighted by Crippen LogP contribution is -2.22. The van der Waals surface area contributed by atoms with Crippen LogP contribution in [0.3, 0.4) is 0 Å². The van der Waals surface area contributed by atoms with E-state index in [2.05, 4.69) is 10.6 Å². The summed E-state index contributed by atoms with van der Waals surface area (Å²) in [6, 6.07) is 4.36. The Labute approximate surface area is 152 Å². The minimum Gasteiger partial charge on any atom is -0.465 e. The molecule has 1 heterocycles. The Hall–Kier alpha value is -2.55. The first-order chi connectivity index (χ1) is 12.1. The lowest BCUT2D eigenvalue weighted by molar-refractivity contribution is -0.137. The highest BCUT2D eigenvalue weighted by molar-refractivity contribution is 7.16. The van der Waals surface area contributed by atoms with Crippen LogP contribution in [-0.2, 0) is 15.7 Å². The number of aryl methyl sites for hydroxylation is 1. The lowest BCUT2D eigenvalue weighted by atomic mass is 10.1. The molecule has 2 aromatic rings. The molecule has 0 atom stereocenters. The third kappa shape index (κ3) is 4.54. The average molecular weight is 386 g/mol. The standard InChI is InChI=1S/C17H17F3N2O3S/c1-9-10(2)26-15(14(9)16(24)25-3)22-13(23)8-21-12-6-4-11(5-7-12)17(18,19)20/h4-7,21H,8H2,1-3H3,(H,22,23). The van der Waals surface area contributed by atoms with Crippen LogP contribution in [0.4, 0.5) is 23.9 Å². The van der Waals surface area contributed by atoms with Crippen molar-refractivity contribution in [3.8, 4) is 0 Å². The van der Waals surface area contributed by atoms with E-state index in [9.17, 15) is 22.8 Å². The number of nitrogens with one attached hydrogen (secondary N) is 2. The van der Waals surface area contributed by atoms with E-state index in [1.165, 1.54) is 30.6 Å². The van der Waals surface area contributed by atoms with Crippen LogP contribution in [0.2, 0.25) is 0 Å². The van der Waals surface area contributed by atoms with E-state index in [4.69, 9.17) is 4.74 Å². The van der Waals surface area contributed by atoms with E-state index in [0.29, 0.717) is 16.3 Å². The van der Waals surface area contributed by atoms with Crippen molar-refractivity contribution in [1.82, 2.24) is 0 Å². The Morgan fingerprint density at radius 3 is 2.31 bits per heavy atom. The number of methoxy groups -OCH3 is 1. The molecule has 1 aromatic carbocycles. The number of amides is 1. The van der Waals surface area contributed by atoms with E-state index in [0.717, 1.165) is 22.6 Å². The van der Waals surface area contributed by atoms with E-state index in [-0.39, 0.29) is 6.54 Å². The highest BCUT2D eigenvalue weighted by atomic mass is 32.1. The Bertz CT molecular complexity index is 814. The van der Waals surface area contributed by atoms with E-state index < -0.39 is 23.6 Å². The molecule has 0 saturated carbocycles. The van der Waals surface area contributed by atoms with E-state index in [1.807, 2.05) is 6.92 Å². The molecular formula is C17H17F3N2O3S. The van der Waals surface area contributed by atoms with Crippen LogP contribution in [0.15, 0.2) is 24.3 Å². The van der Waals surface area contributed by atoms with Crippen molar-refractivity contribution in [2.24, 2.45) is 0 Å². The van der Waals surface area contributed by atoms with Gasteiger partial charge in [0.2, 0.25) is 5.91 Å². The van der Waals surface area contributed by atoms with Crippen molar-refractivity contribution in [2.75, 3.05) is 24.3 Å². The van der Waals surface area contributed by atoms with Crippen molar-refractivity contribution >= 4 is 33.9 Å². The van der Waals surface area contributed by atoms with Crippen LogP contribution in [0.5, 0.6) is 0 Å². The Kier molecular flexibility index (Phi) is 5.91. The number of thiophene rings is 1. The predicted molar refractivity (Wildman–Crippen MR) is 93.7 cm³/mol. The number of carbonyl (C=O) groups excluding carboxylic acids is 2. The van der Waals surface area contributed by atoms with Crippen molar-refractivity contribution in [3.63, 3.8) is 0 Å². The fourth-order valence-corrected chi connectivity index (χ4v) is 3.26. The van der Waals surface area contributed by atoms with Gasteiger partial charge in [-0.15, -0.1) is 11.3 Å². The number of alkyl halides is 3. The van der Waals surface area contributed by atoms with Crippen LogP contribution in [-0.4, -0.2) is 25.5 Å². The number of ether oxygens (including phenoxy) is 1. The number of halogens is 3. The molecule has 0 unspecified atom stereocenters. The highest BCUT2D eigenvalue weighted by Gasteiger charge is 2.30. The van der Waals surface area contributed by atoms with Crippen molar-refractivity contribution < 1.29 is 27.5 Å². The Morgan fingerprint density at radius 1 is 1.15 bits per heavy atom. The number of anilines is 2. The van der Waals surface area contributed by atoms with Crippen LogP contribution >= 0.6 is 11.3 Å². The molecule has 0 aliphatic rings. The zero-order chi connectivity index (χ0) is 19.5. The first kappa shape index (κ1) is 19.8. The van der Waals surface area contributed by atoms with Gasteiger partial charge < -0.3 is 15.4 Å². The minimum absolute atomic E-state index is 0.165. The molecule has 1 amide bonds. The number of rotatable bonds is 5. The molecule has 2 N–H and O–H groups in total. The highest BCUT2D eigenvalue weighted by Crippen LogP contribution is 2.33. The fraction of sp³-hybridized carbons (Fsp3) is 0.294. The molecule has 0 aliphatic heterocycles. The van der Waals surface area contributed by atoms with E-state index >= 15 is 0 Å². The van der Waals surface area contributed by atoms with Gasteiger partial charge in [-0.05, 0) is 43.7 Å². The first-order valence-electron chi connectivity index (χ1n) is 7.52. The summed E-state index contributed by atoms with van der Waals surface area (Å²) in [5.74, 6) is -0.978. The summed E-state index contributed by atoms with van der Waals surface area (Å²) in [6.07, 6.45) is -4.41. The number of carbonyl (C=O) groups is 2. The van der Waals surface area contributed by atoms with Gasteiger partial charge >= 0.3 is 12.1 Å². The van der Waals surface area contributed by atoms with Gasteiger partial charge in [0.1, 0.15) is 5.00 Å². The van der Waals surface area contributed by atoms with Gasteiger partial charge in [-0.25, -0.2) is 4.79 Å². The quantitative estimate of drug-likeness (QED) is 0.755. The van der Waals surface area contributed by atoms with Gasteiger partial charge in [-0.1, -0.05) is 0 Å². The van der Waals surface area contributed by atoms with Gasteiger partial charge in [0.25, 0.3) is 0 Å². The largest absolute Gasteiger partial charge is 0.465 e. The molecule has 0 bridgehead atoms. The fourth-order valence-electron chi connectivity index (χ4n) is 2.19. The molecular weight excluding hydrogens is 369 g/mol. The van der Waals surface area contributed by atoms with Crippen molar-refractivity contribution in [2.45, 2.75) is 20.0 Å². The van der Waals surface area contributed by atoms with Crippen LogP contribution in [0.1, 0.15) is 26.4 Å². The topological polar surface area (TPSA) is 67.4 Å². The maximum absolute atomic E-state index is 12.5.